The first kappa shape index (κ1) is 13.0. The van der Waals surface area contributed by atoms with E-state index >= 15 is 0 Å². The van der Waals surface area contributed by atoms with Gasteiger partial charge in [0.2, 0.25) is 0 Å². The zero-order chi connectivity index (χ0) is 13.8. The lowest BCUT2D eigenvalue weighted by Crippen LogP contribution is -2.40. The maximum atomic E-state index is 12.1. The molecule has 1 saturated heterocycles. The topological polar surface area (TPSA) is 29.5 Å². The number of likely N-dealkylation sites (tertiary alicyclic amines) is 1. The van der Waals surface area contributed by atoms with E-state index in [1.54, 1.807) is 0 Å². The lowest BCUT2D eigenvalue weighted by Gasteiger charge is -2.34. The third kappa shape index (κ3) is 2.93. The van der Waals surface area contributed by atoms with Gasteiger partial charge in [-0.15, -0.1) is 0 Å². The summed E-state index contributed by atoms with van der Waals surface area (Å²) in [4.78, 5) is 13.9. The maximum absolute atomic E-state index is 12.1. The largest absolute Gasteiger partial charge is 0.445 e. The van der Waals surface area contributed by atoms with Gasteiger partial charge in [0, 0.05) is 13.1 Å². The van der Waals surface area contributed by atoms with Gasteiger partial charge in [-0.05, 0) is 29.9 Å². The summed E-state index contributed by atoms with van der Waals surface area (Å²) in [6, 6.07) is 9.79. The second-order valence-electron chi connectivity index (χ2n) is 5.35. The predicted molar refractivity (Wildman–Crippen MR) is 78.1 cm³/mol. The highest BCUT2D eigenvalue weighted by molar-refractivity contribution is 5.68. The van der Waals surface area contributed by atoms with E-state index in [-0.39, 0.29) is 6.09 Å². The van der Waals surface area contributed by atoms with E-state index in [2.05, 4.69) is 18.2 Å². The number of hydrogen-bond acceptors (Lipinski definition) is 2. The fourth-order valence-corrected chi connectivity index (χ4v) is 2.78. The molecule has 2 aliphatic rings. The van der Waals surface area contributed by atoms with Crippen LogP contribution in [-0.2, 0) is 11.3 Å². The molecular formula is C17H19NO2. The molecule has 3 rings (SSSR count). The van der Waals surface area contributed by atoms with Crippen molar-refractivity contribution in [3.05, 3.63) is 59.7 Å². The molecule has 1 fully saturated rings. The molecule has 1 aromatic rings. The van der Waals surface area contributed by atoms with Crippen molar-refractivity contribution in [2.45, 2.75) is 19.4 Å². The smallest absolute Gasteiger partial charge is 0.410 e. The average Bonchev–Trinajstić information content (AvgIpc) is 2.53. The Morgan fingerprint density at radius 2 is 2.15 bits per heavy atom. The highest BCUT2D eigenvalue weighted by Crippen LogP contribution is 2.29. The number of piperidine rings is 1. The minimum absolute atomic E-state index is 0.206. The molecule has 1 atom stereocenters. The van der Waals surface area contributed by atoms with E-state index < -0.39 is 0 Å². The van der Waals surface area contributed by atoms with E-state index in [0.29, 0.717) is 19.1 Å². The Hall–Kier alpha value is -2.03. The van der Waals surface area contributed by atoms with Crippen LogP contribution in [0.3, 0.4) is 0 Å². The number of fused-ring (bicyclic) bond motifs is 1. The Morgan fingerprint density at radius 3 is 3.00 bits per heavy atom. The Labute approximate surface area is 119 Å². The van der Waals surface area contributed by atoms with Crippen LogP contribution >= 0.6 is 0 Å². The maximum Gasteiger partial charge on any atom is 0.410 e. The van der Waals surface area contributed by atoms with Crippen molar-refractivity contribution in [2.75, 3.05) is 13.1 Å². The van der Waals surface area contributed by atoms with Crippen LogP contribution in [0, 0.1) is 5.92 Å². The number of allylic oxidation sites excluding steroid dienone is 3. The van der Waals surface area contributed by atoms with Crippen molar-refractivity contribution in [3.63, 3.8) is 0 Å². The van der Waals surface area contributed by atoms with Crippen molar-refractivity contribution in [1.82, 2.24) is 4.90 Å². The van der Waals surface area contributed by atoms with Gasteiger partial charge in [-0.3, -0.25) is 0 Å². The van der Waals surface area contributed by atoms with Gasteiger partial charge in [-0.2, -0.15) is 0 Å². The molecule has 0 bridgehead atoms. The van der Waals surface area contributed by atoms with Gasteiger partial charge in [0.1, 0.15) is 6.61 Å². The minimum atomic E-state index is -0.206. The second-order valence-corrected chi connectivity index (χ2v) is 5.35. The summed E-state index contributed by atoms with van der Waals surface area (Å²) in [5.41, 5.74) is 2.38. The molecule has 0 saturated carbocycles. The van der Waals surface area contributed by atoms with Crippen LogP contribution in [0.5, 0.6) is 0 Å². The Balaban J connectivity index is 1.55. The van der Waals surface area contributed by atoms with Crippen LogP contribution in [-0.4, -0.2) is 24.1 Å². The number of carbonyl (C=O) groups is 1. The number of nitrogens with zero attached hydrogens (tertiary/aromatic N) is 1. The normalized spacial score (nSPS) is 21.1. The molecule has 3 nitrogen and oxygen atoms in total. The molecule has 0 aromatic heterocycles. The van der Waals surface area contributed by atoms with Gasteiger partial charge in [0.05, 0.1) is 0 Å². The van der Waals surface area contributed by atoms with Crippen LogP contribution < -0.4 is 0 Å². The highest BCUT2D eigenvalue weighted by Gasteiger charge is 2.27. The first-order valence-electron chi connectivity index (χ1n) is 7.14. The monoisotopic (exact) mass is 269 g/mol. The van der Waals surface area contributed by atoms with Gasteiger partial charge >= 0.3 is 6.09 Å². The highest BCUT2D eigenvalue weighted by atomic mass is 16.6. The number of amides is 1. The summed E-state index contributed by atoms with van der Waals surface area (Å²) >= 11 is 0. The number of ether oxygens (including phenoxy) is 1. The molecule has 0 radical (unpaired) electrons. The molecule has 1 aromatic carbocycles. The molecule has 1 amide bonds. The van der Waals surface area contributed by atoms with E-state index in [4.69, 9.17) is 4.74 Å². The minimum Gasteiger partial charge on any atom is -0.445 e. The summed E-state index contributed by atoms with van der Waals surface area (Å²) in [6.07, 6.45) is 8.38. The fraction of sp³-hybridized carbons (Fsp3) is 0.353. The Kier molecular flexibility index (Phi) is 3.86. The van der Waals surface area contributed by atoms with Gasteiger partial charge in [-0.1, -0.05) is 48.6 Å². The Bertz CT molecular complexity index is 533. The lowest BCUT2D eigenvalue weighted by molar-refractivity contribution is 0.0916. The summed E-state index contributed by atoms with van der Waals surface area (Å²) in [7, 11) is 0. The van der Waals surface area contributed by atoms with Gasteiger partial charge in [0.15, 0.2) is 0 Å². The molecule has 1 aliphatic carbocycles. The lowest BCUT2D eigenvalue weighted by atomic mass is 9.85. The number of hydrogen-bond donors (Lipinski definition) is 0. The first-order valence-corrected chi connectivity index (χ1v) is 7.14. The van der Waals surface area contributed by atoms with Crippen molar-refractivity contribution < 1.29 is 9.53 Å². The Morgan fingerprint density at radius 1 is 1.30 bits per heavy atom. The van der Waals surface area contributed by atoms with E-state index in [9.17, 15) is 4.79 Å². The number of rotatable bonds is 2. The summed E-state index contributed by atoms with van der Waals surface area (Å²) in [5, 5.41) is 0. The molecule has 0 N–H and O–H groups in total. The van der Waals surface area contributed by atoms with Crippen LogP contribution in [0.25, 0.3) is 0 Å². The van der Waals surface area contributed by atoms with Crippen molar-refractivity contribution in [2.24, 2.45) is 5.92 Å². The summed E-state index contributed by atoms with van der Waals surface area (Å²) < 4.78 is 5.39. The van der Waals surface area contributed by atoms with Gasteiger partial charge < -0.3 is 9.64 Å². The van der Waals surface area contributed by atoms with Crippen LogP contribution in [0.2, 0.25) is 0 Å². The zero-order valence-electron chi connectivity index (χ0n) is 11.5. The third-order valence-corrected chi connectivity index (χ3v) is 3.98. The molecule has 0 spiro atoms. The SMILES string of the molecule is O=C(OCc1ccccc1)N1CCC2CC=CC=C2C1. The predicted octanol–water partition coefficient (Wildman–Crippen LogP) is 3.53. The molecule has 1 aliphatic heterocycles. The summed E-state index contributed by atoms with van der Waals surface area (Å²) in [5.74, 6) is 0.623. The molecule has 1 heterocycles. The van der Waals surface area contributed by atoms with Crippen LogP contribution in [0.1, 0.15) is 18.4 Å². The van der Waals surface area contributed by atoms with E-state index in [1.165, 1.54) is 5.57 Å². The standard InChI is InChI=1S/C17H19NO2/c19-17(20-13-14-6-2-1-3-7-14)18-11-10-15-8-4-5-9-16(15)12-18/h1-7,9,15H,8,10-13H2. The van der Waals surface area contributed by atoms with Crippen molar-refractivity contribution in [1.29, 1.82) is 0 Å². The zero-order valence-corrected chi connectivity index (χ0v) is 11.5. The van der Waals surface area contributed by atoms with Gasteiger partial charge in [0.25, 0.3) is 0 Å². The quantitative estimate of drug-likeness (QED) is 0.822. The van der Waals surface area contributed by atoms with E-state index in [0.717, 1.165) is 24.9 Å². The molecule has 104 valence electrons. The second kappa shape index (κ2) is 5.95. The molecule has 20 heavy (non-hydrogen) atoms. The van der Waals surface area contributed by atoms with Crippen molar-refractivity contribution >= 4 is 6.09 Å². The van der Waals surface area contributed by atoms with E-state index in [1.807, 2.05) is 35.2 Å². The van der Waals surface area contributed by atoms with Crippen LogP contribution in [0.4, 0.5) is 4.79 Å². The average molecular weight is 269 g/mol. The number of benzene rings is 1. The summed E-state index contributed by atoms with van der Waals surface area (Å²) in [6.45, 7) is 1.85. The van der Waals surface area contributed by atoms with Crippen LogP contribution in [0.15, 0.2) is 54.1 Å². The molecule has 1 unspecified atom stereocenters. The number of carbonyl (C=O) groups excluding carboxylic acids is 1. The molecule has 3 heteroatoms. The third-order valence-electron chi connectivity index (χ3n) is 3.98. The fourth-order valence-electron chi connectivity index (χ4n) is 2.78. The first-order chi connectivity index (χ1) is 9.83. The molecular weight excluding hydrogens is 250 g/mol. The van der Waals surface area contributed by atoms with Crippen molar-refractivity contribution in [3.8, 4) is 0 Å². The van der Waals surface area contributed by atoms with Gasteiger partial charge in [-0.25, -0.2) is 4.79 Å².